The summed E-state index contributed by atoms with van der Waals surface area (Å²) in [6.45, 7) is 3.15. The molecule has 0 radical (unpaired) electrons. The monoisotopic (exact) mass is 285 g/mol. The van der Waals surface area contributed by atoms with Crippen molar-refractivity contribution in [2.24, 2.45) is 0 Å². The van der Waals surface area contributed by atoms with Gasteiger partial charge in [0, 0.05) is 13.0 Å². The summed E-state index contributed by atoms with van der Waals surface area (Å²) in [6, 6.07) is 8.52. The van der Waals surface area contributed by atoms with Gasteiger partial charge in [-0.25, -0.2) is 0 Å². The summed E-state index contributed by atoms with van der Waals surface area (Å²) in [5, 5.41) is 11.4. The van der Waals surface area contributed by atoms with Crippen LogP contribution in [0.25, 0.3) is 0 Å². The number of carbonyl (C=O) groups is 3. The Hall–Kier alpha value is -2.68. The zero-order chi connectivity index (χ0) is 15.6. The van der Waals surface area contributed by atoms with Crippen LogP contribution >= 0.6 is 0 Å². The molecule has 1 aliphatic heterocycles. The van der Waals surface area contributed by atoms with E-state index in [0.29, 0.717) is 11.1 Å². The Balaban J connectivity index is 2.00. The van der Waals surface area contributed by atoms with Gasteiger partial charge in [0.1, 0.15) is 5.54 Å². The molecule has 6 heteroatoms. The molecule has 0 saturated carbocycles. The number of imide groups is 1. The molecular formula is C15H15N3O3. The molecule has 1 aromatic rings. The van der Waals surface area contributed by atoms with Crippen molar-refractivity contribution in [3.63, 3.8) is 0 Å². The Morgan fingerprint density at radius 2 is 1.76 bits per heavy atom. The zero-order valence-corrected chi connectivity index (χ0v) is 11.8. The molecule has 1 aromatic carbocycles. The Morgan fingerprint density at radius 1 is 1.24 bits per heavy atom. The number of amides is 3. The second-order valence-corrected chi connectivity index (χ2v) is 5.34. The van der Waals surface area contributed by atoms with Crippen molar-refractivity contribution in [2.75, 3.05) is 6.54 Å². The van der Waals surface area contributed by atoms with Gasteiger partial charge in [-0.2, -0.15) is 5.26 Å². The van der Waals surface area contributed by atoms with Gasteiger partial charge in [-0.05, 0) is 26.0 Å². The van der Waals surface area contributed by atoms with Gasteiger partial charge in [0.15, 0.2) is 0 Å². The molecule has 0 aliphatic carbocycles. The Labute approximate surface area is 122 Å². The zero-order valence-electron chi connectivity index (χ0n) is 11.8. The highest BCUT2D eigenvalue weighted by molar-refractivity contribution is 6.21. The lowest BCUT2D eigenvalue weighted by Crippen LogP contribution is -2.43. The van der Waals surface area contributed by atoms with Crippen LogP contribution in [0, 0.1) is 11.3 Å². The fraction of sp³-hybridized carbons (Fsp3) is 0.333. The quantitative estimate of drug-likeness (QED) is 0.838. The predicted molar refractivity (Wildman–Crippen MR) is 74.3 cm³/mol. The number of nitrogens with zero attached hydrogens (tertiary/aromatic N) is 2. The second kappa shape index (κ2) is 5.37. The highest BCUT2D eigenvalue weighted by Gasteiger charge is 2.35. The molecule has 1 heterocycles. The lowest BCUT2D eigenvalue weighted by Gasteiger charge is -2.19. The summed E-state index contributed by atoms with van der Waals surface area (Å²) >= 11 is 0. The summed E-state index contributed by atoms with van der Waals surface area (Å²) < 4.78 is 0. The van der Waals surface area contributed by atoms with E-state index >= 15 is 0 Å². The molecule has 0 fully saturated rings. The van der Waals surface area contributed by atoms with Gasteiger partial charge in [0.05, 0.1) is 17.2 Å². The van der Waals surface area contributed by atoms with Gasteiger partial charge in [0.2, 0.25) is 5.91 Å². The van der Waals surface area contributed by atoms with Crippen molar-refractivity contribution in [3.8, 4) is 6.07 Å². The standard InChI is InChI=1S/C15H15N3O3/c1-15(2,9-16)17-12(19)7-8-18-13(20)10-5-3-4-6-11(10)14(18)21/h3-6H,7-8H2,1-2H3,(H,17,19). The molecule has 0 spiro atoms. The third kappa shape index (κ3) is 2.92. The van der Waals surface area contributed by atoms with Gasteiger partial charge in [0.25, 0.3) is 11.8 Å². The van der Waals surface area contributed by atoms with E-state index in [-0.39, 0.29) is 30.7 Å². The fourth-order valence-corrected chi connectivity index (χ4v) is 2.09. The first-order valence-electron chi connectivity index (χ1n) is 6.53. The maximum atomic E-state index is 12.1. The van der Waals surface area contributed by atoms with Gasteiger partial charge >= 0.3 is 0 Å². The van der Waals surface area contributed by atoms with Crippen molar-refractivity contribution in [2.45, 2.75) is 25.8 Å². The van der Waals surface area contributed by atoms with E-state index in [1.807, 2.05) is 6.07 Å². The molecular weight excluding hydrogens is 270 g/mol. The third-order valence-corrected chi connectivity index (χ3v) is 3.17. The molecule has 3 amide bonds. The minimum absolute atomic E-state index is 0.000309. The van der Waals surface area contributed by atoms with Crippen LogP contribution in [0.5, 0.6) is 0 Å². The number of benzene rings is 1. The number of carbonyl (C=O) groups excluding carboxylic acids is 3. The average Bonchev–Trinajstić information content (AvgIpc) is 2.69. The number of hydrogen-bond donors (Lipinski definition) is 1. The number of nitrogens with one attached hydrogen (secondary N) is 1. The third-order valence-electron chi connectivity index (χ3n) is 3.17. The van der Waals surface area contributed by atoms with Crippen LogP contribution in [0.1, 0.15) is 41.0 Å². The SMILES string of the molecule is CC(C)(C#N)NC(=O)CCN1C(=O)c2ccccc2C1=O. The molecule has 1 aliphatic rings. The van der Waals surface area contributed by atoms with E-state index in [1.165, 1.54) is 0 Å². The molecule has 0 atom stereocenters. The van der Waals surface area contributed by atoms with Gasteiger partial charge in [-0.3, -0.25) is 19.3 Å². The largest absolute Gasteiger partial charge is 0.338 e. The van der Waals surface area contributed by atoms with E-state index in [1.54, 1.807) is 38.1 Å². The molecule has 0 bridgehead atoms. The van der Waals surface area contributed by atoms with Crippen LogP contribution in [-0.2, 0) is 4.79 Å². The van der Waals surface area contributed by atoms with E-state index in [2.05, 4.69) is 5.32 Å². The Bertz CT molecular complexity index is 623. The van der Waals surface area contributed by atoms with Crippen molar-refractivity contribution >= 4 is 17.7 Å². The molecule has 1 N–H and O–H groups in total. The number of hydrogen-bond acceptors (Lipinski definition) is 4. The van der Waals surface area contributed by atoms with E-state index in [4.69, 9.17) is 5.26 Å². The van der Waals surface area contributed by atoms with Crippen LogP contribution in [0.15, 0.2) is 24.3 Å². The van der Waals surface area contributed by atoms with Gasteiger partial charge in [-0.1, -0.05) is 12.1 Å². The summed E-state index contributed by atoms with van der Waals surface area (Å²) in [6.07, 6.45) is -0.0312. The molecule has 6 nitrogen and oxygen atoms in total. The topological polar surface area (TPSA) is 90.3 Å². The predicted octanol–water partition coefficient (Wildman–Crippen LogP) is 1.09. The first-order chi connectivity index (χ1) is 9.85. The molecule has 21 heavy (non-hydrogen) atoms. The maximum absolute atomic E-state index is 12.1. The second-order valence-electron chi connectivity index (χ2n) is 5.34. The smallest absolute Gasteiger partial charge is 0.261 e. The maximum Gasteiger partial charge on any atom is 0.261 e. The Kier molecular flexibility index (Phi) is 3.76. The van der Waals surface area contributed by atoms with E-state index in [9.17, 15) is 14.4 Å². The highest BCUT2D eigenvalue weighted by atomic mass is 16.2. The van der Waals surface area contributed by atoms with Crippen LogP contribution in [0.4, 0.5) is 0 Å². The summed E-state index contributed by atoms with van der Waals surface area (Å²) in [5.41, 5.74) is -0.250. The summed E-state index contributed by atoms with van der Waals surface area (Å²) in [4.78, 5) is 37.0. The van der Waals surface area contributed by atoms with Crippen LogP contribution in [0.3, 0.4) is 0 Å². The van der Waals surface area contributed by atoms with E-state index in [0.717, 1.165) is 4.90 Å². The first-order valence-corrected chi connectivity index (χ1v) is 6.53. The van der Waals surface area contributed by atoms with Crippen molar-refractivity contribution < 1.29 is 14.4 Å². The van der Waals surface area contributed by atoms with Crippen LogP contribution in [0.2, 0.25) is 0 Å². The van der Waals surface area contributed by atoms with Crippen molar-refractivity contribution in [1.29, 1.82) is 5.26 Å². The fourth-order valence-electron chi connectivity index (χ4n) is 2.09. The molecule has 0 saturated heterocycles. The molecule has 0 aromatic heterocycles. The minimum Gasteiger partial charge on any atom is -0.338 e. The number of rotatable bonds is 4. The molecule has 108 valence electrons. The number of fused-ring (bicyclic) bond motifs is 1. The van der Waals surface area contributed by atoms with Gasteiger partial charge < -0.3 is 5.32 Å². The molecule has 0 unspecified atom stereocenters. The lowest BCUT2D eigenvalue weighted by atomic mass is 10.1. The van der Waals surface area contributed by atoms with E-state index < -0.39 is 5.54 Å². The summed E-state index contributed by atoms with van der Waals surface area (Å²) in [7, 11) is 0. The van der Waals surface area contributed by atoms with Crippen LogP contribution in [-0.4, -0.2) is 34.7 Å². The normalized spacial score (nSPS) is 13.9. The Morgan fingerprint density at radius 3 is 2.24 bits per heavy atom. The summed E-state index contributed by atoms with van der Waals surface area (Å²) in [5.74, 6) is -1.15. The van der Waals surface area contributed by atoms with Crippen molar-refractivity contribution in [1.82, 2.24) is 10.2 Å². The van der Waals surface area contributed by atoms with Crippen molar-refractivity contribution in [3.05, 3.63) is 35.4 Å². The average molecular weight is 285 g/mol. The first kappa shape index (κ1) is 14.7. The van der Waals surface area contributed by atoms with Gasteiger partial charge in [-0.15, -0.1) is 0 Å². The molecule has 2 rings (SSSR count). The van der Waals surface area contributed by atoms with Crippen LogP contribution < -0.4 is 5.32 Å². The highest BCUT2D eigenvalue weighted by Crippen LogP contribution is 2.22. The minimum atomic E-state index is -0.973. The lowest BCUT2D eigenvalue weighted by molar-refractivity contribution is -0.122. The number of nitriles is 1.